The van der Waals surface area contributed by atoms with Gasteiger partial charge in [0, 0.05) is 28.0 Å². The molecule has 0 N–H and O–H groups in total. The summed E-state index contributed by atoms with van der Waals surface area (Å²) in [6, 6.07) is 17.9. The monoisotopic (exact) mass is 310 g/mol. The molecule has 19 heavy (non-hydrogen) atoms. The van der Waals surface area contributed by atoms with Crippen molar-refractivity contribution in [3.8, 4) is 22.5 Å². The van der Waals surface area contributed by atoms with E-state index >= 15 is 0 Å². The molecule has 0 radical (unpaired) electrons. The summed E-state index contributed by atoms with van der Waals surface area (Å²) in [5.41, 5.74) is 4.04. The van der Waals surface area contributed by atoms with Crippen LogP contribution >= 0.6 is 15.9 Å². The highest BCUT2D eigenvalue weighted by molar-refractivity contribution is 9.10. The van der Waals surface area contributed by atoms with Crippen molar-refractivity contribution in [1.82, 2.24) is 9.97 Å². The molecule has 3 rings (SSSR count). The molecule has 0 aliphatic rings. The third-order valence-electron chi connectivity index (χ3n) is 2.88. The molecule has 3 aromatic rings. The second kappa shape index (κ2) is 5.33. The van der Waals surface area contributed by atoms with Gasteiger partial charge in [-0.1, -0.05) is 40.2 Å². The Hall–Kier alpha value is -2.00. The maximum atomic E-state index is 4.44. The van der Waals surface area contributed by atoms with Gasteiger partial charge in [-0.3, -0.25) is 9.97 Å². The first kappa shape index (κ1) is 12.1. The van der Waals surface area contributed by atoms with Crippen LogP contribution in [0, 0.1) is 0 Å². The van der Waals surface area contributed by atoms with Gasteiger partial charge >= 0.3 is 0 Å². The van der Waals surface area contributed by atoms with E-state index in [2.05, 4.69) is 32.0 Å². The zero-order valence-electron chi connectivity index (χ0n) is 10.1. The lowest BCUT2D eigenvalue weighted by molar-refractivity contribution is 1.29. The highest BCUT2D eigenvalue weighted by Gasteiger charge is 2.12. The maximum absolute atomic E-state index is 4.44. The van der Waals surface area contributed by atoms with Gasteiger partial charge in [0.1, 0.15) is 0 Å². The van der Waals surface area contributed by atoms with E-state index in [1.165, 1.54) is 0 Å². The summed E-state index contributed by atoms with van der Waals surface area (Å²) < 4.78 is 1.02. The summed E-state index contributed by atoms with van der Waals surface area (Å²) in [5, 5.41) is 0. The second-order valence-electron chi connectivity index (χ2n) is 4.09. The molecule has 0 aliphatic carbocycles. The number of hydrogen-bond acceptors (Lipinski definition) is 2. The first-order valence-corrected chi connectivity index (χ1v) is 6.77. The second-order valence-corrected chi connectivity index (χ2v) is 4.95. The SMILES string of the molecule is Brc1cccc(-c2ccccn2)c1-c1ccccn1. The Morgan fingerprint density at radius 3 is 2.00 bits per heavy atom. The molecule has 2 heterocycles. The molecule has 0 amide bonds. The van der Waals surface area contributed by atoms with Gasteiger partial charge < -0.3 is 0 Å². The Morgan fingerprint density at radius 1 is 0.684 bits per heavy atom. The number of halogens is 1. The van der Waals surface area contributed by atoms with Gasteiger partial charge in [-0.15, -0.1) is 0 Å². The molecule has 0 saturated heterocycles. The van der Waals surface area contributed by atoms with E-state index in [4.69, 9.17) is 0 Å². The summed E-state index contributed by atoms with van der Waals surface area (Å²) in [5.74, 6) is 0. The van der Waals surface area contributed by atoms with E-state index in [0.717, 1.165) is 27.0 Å². The maximum Gasteiger partial charge on any atom is 0.0720 e. The van der Waals surface area contributed by atoms with E-state index in [0.29, 0.717) is 0 Å². The first-order valence-electron chi connectivity index (χ1n) is 5.97. The predicted molar refractivity (Wildman–Crippen MR) is 80.6 cm³/mol. The van der Waals surface area contributed by atoms with Gasteiger partial charge in [-0.05, 0) is 30.3 Å². The third kappa shape index (κ3) is 2.42. The fourth-order valence-electron chi connectivity index (χ4n) is 2.03. The van der Waals surface area contributed by atoms with Gasteiger partial charge in [-0.25, -0.2) is 0 Å². The standard InChI is InChI=1S/C16H11BrN2/c17-13-7-5-6-12(14-8-1-3-10-18-14)16(13)15-9-2-4-11-19-15/h1-11H. The van der Waals surface area contributed by atoms with E-state index < -0.39 is 0 Å². The van der Waals surface area contributed by atoms with Crippen molar-refractivity contribution in [1.29, 1.82) is 0 Å². The molecule has 0 spiro atoms. The van der Waals surface area contributed by atoms with Gasteiger partial charge in [-0.2, -0.15) is 0 Å². The summed E-state index contributed by atoms with van der Waals surface area (Å²) in [6.45, 7) is 0. The number of rotatable bonds is 2. The highest BCUT2D eigenvalue weighted by Crippen LogP contribution is 2.35. The van der Waals surface area contributed by atoms with Crippen LogP contribution in [0.15, 0.2) is 71.5 Å². The van der Waals surface area contributed by atoms with Crippen molar-refractivity contribution < 1.29 is 0 Å². The Labute approximate surface area is 120 Å². The van der Waals surface area contributed by atoms with Crippen LogP contribution in [0.5, 0.6) is 0 Å². The minimum Gasteiger partial charge on any atom is -0.256 e. The average molecular weight is 311 g/mol. The third-order valence-corrected chi connectivity index (χ3v) is 3.54. The quantitative estimate of drug-likeness (QED) is 0.692. The molecule has 92 valence electrons. The van der Waals surface area contributed by atoms with Crippen LogP contribution in [0.2, 0.25) is 0 Å². The van der Waals surface area contributed by atoms with Crippen LogP contribution in [0.25, 0.3) is 22.5 Å². The van der Waals surface area contributed by atoms with Crippen LogP contribution in [0.4, 0.5) is 0 Å². The van der Waals surface area contributed by atoms with Gasteiger partial charge in [0.2, 0.25) is 0 Å². The molecule has 0 aliphatic heterocycles. The van der Waals surface area contributed by atoms with Crippen molar-refractivity contribution in [2.24, 2.45) is 0 Å². The largest absolute Gasteiger partial charge is 0.256 e. The topological polar surface area (TPSA) is 25.8 Å². The minimum atomic E-state index is 0.940. The van der Waals surface area contributed by atoms with Crippen molar-refractivity contribution in [3.63, 3.8) is 0 Å². The Kier molecular flexibility index (Phi) is 3.38. The molecule has 1 aromatic carbocycles. The molecular weight excluding hydrogens is 300 g/mol. The summed E-state index contributed by atoms with van der Waals surface area (Å²) in [4.78, 5) is 8.87. The molecule has 2 nitrogen and oxygen atoms in total. The Bertz CT molecular complexity index is 682. The van der Waals surface area contributed by atoms with Crippen molar-refractivity contribution >= 4 is 15.9 Å². The van der Waals surface area contributed by atoms with Gasteiger partial charge in [0.05, 0.1) is 11.4 Å². The summed E-state index contributed by atoms with van der Waals surface area (Å²) in [6.07, 6.45) is 3.61. The smallest absolute Gasteiger partial charge is 0.0720 e. The van der Waals surface area contributed by atoms with Crippen molar-refractivity contribution in [3.05, 3.63) is 71.5 Å². The Morgan fingerprint density at radius 2 is 1.37 bits per heavy atom. The van der Waals surface area contributed by atoms with Gasteiger partial charge in [0.15, 0.2) is 0 Å². The molecule has 0 unspecified atom stereocenters. The Balaban J connectivity index is 2.25. The van der Waals surface area contributed by atoms with Crippen LogP contribution in [0.1, 0.15) is 0 Å². The fourth-order valence-corrected chi connectivity index (χ4v) is 2.60. The zero-order chi connectivity index (χ0) is 13.1. The van der Waals surface area contributed by atoms with Crippen LogP contribution in [0.3, 0.4) is 0 Å². The molecule has 0 fully saturated rings. The molecule has 0 saturated carbocycles. The van der Waals surface area contributed by atoms with E-state index in [1.807, 2.05) is 48.5 Å². The predicted octanol–water partition coefficient (Wildman–Crippen LogP) is 4.57. The number of hydrogen-bond donors (Lipinski definition) is 0. The summed E-state index contributed by atoms with van der Waals surface area (Å²) >= 11 is 3.61. The number of aromatic nitrogens is 2. The number of nitrogens with zero attached hydrogens (tertiary/aromatic N) is 2. The normalized spacial score (nSPS) is 10.4. The lowest BCUT2D eigenvalue weighted by Crippen LogP contribution is -1.90. The van der Waals surface area contributed by atoms with Crippen LogP contribution in [-0.2, 0) is 0 Å². The summed E-state index contributed by atoms with van der Waals surface area (Å²) in [7, 11) is 0. The molecule has 0 atom stereocenters. The lowest BCUT2D eigenvalue weighted by atomic mass is 10.0. The number of pyridine rings is 2. The lowest BCUT2D eigenvalue weighted by Gasteiger charge is -2.10. The average Bonchev–Trinajstić information content (AvgIpc) is 2.49. The molecule has 0 bridgehead atoms. The van der Waals surface area contributed by atoms with Crippen molar-refractivity contribution in [2.45, 2.75) is 0 Å². The first-order chi connectivity index (χ1) is 9.36. The van der Waals surface area contributed by atoms with E-state index in [9.17, 15) is 0 Å². The molecule has 2 aromatic heterocycles. The van der Waals surface area contributed by atoms with E-state index in [-0.39, 0.29) is 0 Å². The molecule has 3 heteroatoms. The minimum absolute atomic E-state index is 0.940. The molecular formula is C16H11BrN2. The van der Waals surface area contributed by atoms with Crippen LogP contribution < -0.4 is 0 Å². The van der Waals surface area contributed by atoms with Crippen molar-refractivity contribution in [2.75, 3.05) is 0 Å². The van der Waals surface area contributed by atoms with Gasteiger partial charge in [0.25, 0.3) is 0 Å². The van der Waals surface area contributed by atoms with E-state index in [1.54, 1.807) is 12.4 Å². The fraction of sp³-hybridized carbons (Fsp3) is 0. The number of benzene rings is 1. The highest BCUT2D eigenvalue weighted by atomic mass is 79.9. The van der Waals surface area contributed by atoms with Crippen LogP contribution in [-0.4, -0.2) is 9.97 Å². The zero-order valence-corrected chi connectivity index (χ0v) is 11.7.